The maximum atomic E-state index is 11.1. The second kappa shape index (κ2) is 25.8. The van der Waals surface area contributed by atoms with Gasteiger partial charge < -0.3 is 10.4 Å². The zero-order valence-corrected chi connectivity index (χ0v) is 33.4. The van der Waals surface area contributed by atoms with Crippen molar-refractivity contribution in [1.29, 1.82) is 0 Å². The molecule has 7 heteroatoms. The van der Waals surface area contributed by atoms with E-state index >= 15 is 0 Å². The van der Waals surface area contributed by atoms with Gasteiger partial charge in [-0.2, -0.15) is 0 Å². The molecule has 0 unspecified atom stereocenters. The van der Waals surface area contributed by atoms with E-state index in [9.17, 15) is 24.0 Å². The molecule has 54 heavy (non-hydrogen) atoms. The molecule has 0 aromatic heterocycles. The van der Waals surface area contributed by atoms with Crippen molar-refractivity contribution in [3.05, 3.63) is 132 Å². The molecule has 0 radical (unpaired) electrons. The number of carbonyl (C=O) groups excluding carboxylic acids is 5. The van der Waals surface area contributed by atoms with Crippen molar-refractivity contribution in [1.82, 2.24) is 5.32 Å². The van der Waals surface area contributed by atoms with Crippen molar-refractivity contribution in [3.8, 4) is 0 Å². The number of rotatable bonds is 12. The van der Waals surface area contributed by atoms with Crippen molar-refractivity contribution in [2.45, 2.75) is 92.5 Å². The lowest BCUT2D eigenvalue weighted by atomic mass is 9.89. The number of ketones is 5. The normalized spacial score (nSPS) is 10.2. The van der Waals surface area contributed by atoms with Crippen LogP contribution in [0.25, 0.3) is 21.5 Å². The first-order valence-corrected chi connectivity index (χ1v) is 18.5. The molecule has 288 valence electrons. The van der Waals surface area contributed by atoms with Crippen LogP contribution in [0, 0.1) is 0 Å². The Balaban J connectivity index is 0.000000347. The fourth-order valence-electron chi connectivity index (χ4n) is 5.67. The number of fused-ring (bicyclic) bond motifs is 2. The van der Waals surface area contributed by atoms with Crippen LogP contribution in [-0.2, 0) is 43.2 Å². The number of likely N-dealkylation sites (N-methyl/N-ethyl adjacent to an activating group) is 1. The van der Waals surface area contributed by atoms with Crippen molar-refractivity contribution in [3.63, 3.8) is 0 Å². The third-order valence-electron chi connectivity index (χ3n) is 8.71. The summed E-state index contributed by atoms with van der Waals surface area (Å²) in [7, 11) is 1.84. The van der Waals surface area contributed by atoms with Gasteiger partial charge >= 0.3 is 0 Å². The second-order valence-electron chi connectivity index (χ2n) is 13.2. The number of hydrogen-bond acceptors (Lipinski definition) is 7. The Bertz CT molecular complexity index is 1890. The minimum atomic E-state index is -0.264. The molecular weight excluding hydrogens is 675 g/mol. The smallest absolute Gasteiger partial charge is 0.149 e. The van der Waals surface area contributed by atoms with Crippen LogP contribution in [0.1, 0.15) is 84.4 Å². The number of benzene rings is 5. The Labute approximate surface area is 322 Å². The summed E-state index contributed by atoms with van der Waals surface area (Å²) in [5, 5.41) is 15.9. The Kier molecular flexibility index (Phi) is 22.4. The molecule has 0 aliphatic carbocycles. The van der Waals surface area contributed by atoms with Crippen LogP contribution in [0.15, 0.2) is 115 Å². The number of nitrogens with one attached hydrogen (secondary N) is 1. The molecule has 0 aliphatic heterocycles. The van der Waals surface area contributed by atoms with Gasteiger partial charge in [0, 0.05) is 32.3 Å². The van der Waals surface area contributed by atoms with Crippen LogP contribution < -0.4 is 5.32 Å². The second-order valence-corrected chi connectivity index (χ2v) is 13.2. The molecule has 0 aliphatic rings. The Morgan fingerprint density at radius 1 is 0.537 bits per heavy atom. The number of aliphatic hydroxyl groups is 1. The zero-order valence-electron chi connectivity index (χ0n) is 33.4. The zero-order chi connectivity index (χ0) is 40.5. The van der Waals surface area contributed by atoms with Gasteiger partial charge in [0.1, 0.15) is 28.9 Å². The van der Waals surface area contributed by atoms with Crippen LogP contribution in [-0.4, -0.2) is 53.2 Å². The molecule has 0 spiro atoms. The highest BCUT2D eigenvalue weighted by atomic mass is 16.3. The Morgan fingerprint density at radius 2 is 1.04 bits per heavy atom. The molecule has 0 atom stereocenters. The van der Waals surface area contributed by atoms with Gasteiger partial charge in [-0.15, -0.1) is 0 Å². The molecule has 5 aromatic rings. The van der Waals surface area contributed by atoms with E-state index < -0.39 is 0 Å². The highest BCUT2D eigenvalue weighted by Crippen LogP contribution is 2.19. The van der Waals surface area contributed by atoms with Crippen molar-refractivity contribution < 1.29 is 29.1 Å². The standard InChI is InChI=1S/2C13H12O.C9H10O.C8H17NO.C4H8O2/c1-10(14)9-12-7-4-6-11-5-2-3-8-13(11)12;1-10(14)8-11-6-7-12-4-2-3-5-13(12)9-11;1-8(10)7-9-5-3-2-4-6-9;1-5-8(6-2,9-4)7(3)10;1-4(6)2-3-5/h2-8H,9H2,1H3;2-7,9H,8H2,1H3;2-6H,7H2,1H3;9H,5-6H2,1-4H3;5H,2-3H2,1H3. The van der Waals surface area contributed by atoms with Gasteiger partial charge in [-0.25, -0.2) is 0 Å². The minimum Gasteiger partial charge on any atom is -0.396 e. The van der Waals surface area contributed by atoms with Crippen molar-refractivity contribution in [2.75, 3.05) is 13.7 Å². The van der Waals surface area contributed by atoms with Crippen LogP contribution >= 0.6 is 0 Å². The third-order valence-corrected chi connectivity index (χ3v) is 8.71. The number of hydrogen-bond donors (Lipinski definition) is 2. The molecular formula is C47H59NO6. The van der Waals surface area contributed by atoms with Gasteiger partial charge in [0.05, 0.1) is 5.54 Å². The Morgan fingerprint density at radius 3 is 1.50 bits per heavy atom. The summed E-state index contributed by atoms with van der Waals surface area (Å²) in [6.45, 7) is 12.0. The molecule has 7 nitrogen and oxygen atoms in total. The van der Waals surface area contributed by atoms with E-state index in [-0.39, 0.29) is 41.1 Å². The molecule has 0 saturated carbocycles. The van der Waals surface area contributed by atoms with E-state index in [1.54, 1.807) is 27.7 Å². The average Bonchev–Trinajstić information content (AvgIpc) is 3.13. The minimum absolute atomic E-state index is 0.0185. The largest absolute Gasteiger partial charge is 0.396 e. The number of aliphatic hydroxyl groups excluding tert-OH is 1. The maximum Gasteiger partial charge on any atom is 0.149 e. The maximum absolute atomic E-state index is 11.1. The summed E-state index contributed by atoms with van der Waals surface area (Å²) in [5.41, 5.74) is 3.04. The number of carbonyl (C=O) groups is 5. The fourth-order valence-corrected chi connectivity index (χ4v) is 5.67. The molecule has 5 aromatic carbocycles. The SMILES string of the molecule is CC(=O)CCO.CC(=O)Cc1ccc2ccccc2c1.CC(=O)Cc1cccc2ccccc12.CC(=O)Cc1ccccc1.CCC(CC)(NC)C(C)=O. The summed E-state index contributed by atoms with van der Waals surface area (Å²) >= 11 is 0. The summed E-state index contributed by atoms with van der Waals surface area (Å²) in [6.07, 6.45) is 3.65. The van der Waals surface area contributed by atoms with Gasteiger partial charge in [0.2, 0.25) is 0 Å². The lowest BCUT2D eigenvalue weighted by molar-refractivity contribution is -0.123. The summed E-state index contributed by atoms with van der Waals surface area (Å²) in [5.74, 6) is 0.908. The predicted octanol–water partition coefficient (Wildman–Crippen LogP) is 9.07. The van der Waals surface area contributed by atoms with Gasteiger partial charge in [-0.1, -0.05) is 129 Å². The lowest BCUT2D eigenvalue weighted by Gasteiger charge is -2.27. The van der Waals surface area contributed by atoms with Gasteiger partial charge in [-0.3, -0.25) is 24.0 Å². The summed E-state index contributed by atoms with van der Waals surface area (Å²) < 4.78 is 0. The summed E-state index contributed by atoms with van der Waals surface area (Å²) in [6, 6.07) is 38.3. The average molecular weight is 734 g/mol. The van der Waals surface area contributed by atoms with Crippen LogP contribution in [0.3, 0.4) is 0 Å². The van der Waals surface area contributed by atoms with E-state index in [1.165, 1.54) is 28.5 Å². The Hall–Kier alpha value is -5.11. The first-order chi connectivity index (χ1) is 25.7. The molecule has 2 N–H and O–H groups in total. The molecule has 0 heterocycles. The van der Waals surface area contributed by atoms with Gasteiger partial charge in [0.15, 0.2) is 0 Å². The highest BCUT2D eigenvalue weighted by Gasteiger charge is 2.28. The molecule has 0 amide bonds. The van der Waals surface area contributed by atoms with E-state index in [0.717, 1.165) is 29.5 Å². The summed E-state index contributed by atoms with van der Waals surface area (Å²) in [4.78, 5) is 53.6. The molecule has 5 rings (SSSR count). The van der Waals surface area contributed by atoms with Crippen molar-refractivity contribution in [2.24, 2.45) is 0 Å². The lowest BCUT2D eigenvalue weighted by Crippen LogP contribution is -2.48. The molecule has 0 fully saturated rings. The molecule has 0 saturated heterocycles. The third kappa shape index (κ3) is 18.1. The predicted molar refractivity (Wildman–Crippen MR) is 223 cm³/mol. The van der Waals surface area contributed by atoms with Crippen LogP contribution in [0.4, 0.5) is 0 Å². The van der Waals surface area contributed by atoms with Crippen LogP contribution in [0.2, 0.25) is 0 Å². The number of Topliss-reactive ketones (excluding diaryl/α,β-unsaturated/α-hetero) is 5. The fraction of sp³-hybridized carbons (Fsp3) is 0.340. The first-order valence-electron chi connectivity index (χ1n) is 18.5. The van der Waals surface area contributed by atoms with E-state index in [4.69, 9.17) is 5.11 Å². The van der Waals surface area contributed by atoms with E-state index in [2.05, 4.69) is 47.8 Å². The molecule has 0 bridgehead atoms. The van der Waals surface area contributed by atoms with Crippen LogP contribution in [0.5, 0.6) is 0 Å². The monoisotopic (exact) mass is 733 g/mol. The van der Waals surface area contributed by atoms with Gasteiger partial charge in [-0.05, 0) is 92.7 Å². The topological polar surface area (TPSA) is 118 Å². The highest BCUT2D eigenvalue weighted by molar-refractivity contribution is 5.90. The van der Waals surface area contributed by atoms with Gasteiger partial charge in [0.25, 0.3) is 0 Å². The quantitative estimate of drug-likeness (QED) is 0.131. The van der Waals surface area contributed by atoms with Crippen molar-refractivity contribution >= 4 is 50.5 Å². The first kappa shape index (κ1) is 46.9. The van der Waals surface area contributed by atoms with E-state index in [0.29, 0.717) is 25.7 Å². The van der Waals surface area contributed by atoms with E-state index in [1.807, 2.05) is 93.7 Å².